The van der Waals surface area contributed by atoms with Crippen molar-refractivity contribution < 1.29 is 4.79 Å². The maximum atomic E-state index is 12.2. The first-order valence-electron chi connectivity index (χ1n) is 8.93. The molecule has 0 radical (unpaired) electrons. The number of nitrogens with zero attached hydrogens (tertiary/aromatic N) is 3. The van der Waals surface area contributed by atoms with Gasteiger partial charge in [-0.25, -0.2) is 4.98 Å². The molecule has 1 N–H and O–H groups in total. The van der Waals surface area contributed by atoms with Crippen molar-refractivity contribution in [2.75, 3.05) is 38.1 Å². The summed E-state index contributed by atoms with van der Waals surface area (Å²) in [4.78, 5) is 21.4. The van der Waals surface area contributed by atoms with Crippen LogP contribution >= 0.6 is 0 Å². The van der Waals surface area contributed by atoms with Crippen LogP contribution in [0, 0.1) is 0 Å². The van der Waals surface area contributed by atoms with E-state index in [-0.39, 0.29) is 5.91 Å². The van der Waals surface area contributed by atoms with Crippen molar-refractivity contribution in [1.29, 1.82) is 0 Å². The van der Waals surface area contributed by atoms with Crippen LogP contribution in [0.25, 0.3) is 0 Å². The second-order valence-electron chi connectivity index (χ2n) is 6.77. The Kier molecular flexibility index (Phi) is 5.49. The lowest BCUT2D eigenvalue weighted by molar-refractivity contribution is 0.0945. The molecule has 0 saturated carbocycles. The molecule has 5 heteroatoms. The predicted octanol–water partition coefficient (Wildman–Crippen LogP) is 2.29. The maximum absolute atomic E-state index is 12.2. The molecule has 0 aliphatic carbocycles. The van der Waals surface area contributed by atoms with Gasteiger partial charge < -0.3 is 15.1 Å². The highest BCUT2D eigenvalue weighted by Gasteiger charge is 2.19. The fourth-order valence-electron chi connectivity index (χ4n) is 3.62. The van der Waals surface area contributed by atoms with E-state index >= 15 is 0 Å². The second-order valence-corrected chi connectivity index (χ2v) is 6.77. The first-order valence-corrected chi connectivity index (χ1v) is 8.93. The molecule has 2 saturated heterocycles. The third-order valence-corrected chi connectivity index (χ3v) is 5.12. The minimum Gasteiger partial charge on any atom is -0.357 e. The third-order valence-electron chi connectivity index (χ3n) is 5.12. The van der Waals surface area contributed by atoms with E-state index in [2.05, 4.69) is 27.1 Å². The van der Waals surface area contributed by atoms with Gasteiger partial charge in [-0.2, -0.15) is 0 Å². The summed E-state index contributed by atoms with van der Waals surface area (Å²) >= 11 is 0. The van der Waals surface area contributed by atoms with Gasteiger partial charge in [0.25, 0.3) is 5.91 Å². The van der Waals surface area contributed by atoms with Crippen LogP contribution < -0.4 is 10.2 Å². The van der Waals surface area contributed by atoms with E-state index in [4.69, 9.17) is 0 Å². The number of pyridine rings is 1. The van der Waals surface area contributed by atoms with Crippen molar-refractivity contribution in [3.8, 4) is 0 Å². The molecule has 2 aliphatic rings. The van der Waals surface area contributed by atoms with Crippen LogP contribution in [0.3, 0.4) is 0 Å². The quantitative estimate of drug-likeness (QED) is 0.905. The number of anilines is 1. The summed E-state index contributed by atoms with van der Waals surface area (Å²) in [5.74, 6) is 0.979. The van der Waals surface area contributed by atoms with Gasteiger partial charge in [-0.1, -0.05) is 6.42 Å². The standard InChI is InChI=1S/C18H28N4O/c1-21-11-3-2-6-16(21)9-10-19-18(23)15-7-8-17(20-14-15)22-12-4-5-13-22/h7-8,14,16H,2-6,9-13H2,1H3,(H,19,23)/t16-/m1/s1. The van der Waals surface area contributed by atoms with Gasteiger partial charge in [0.05, 0.1) is 5.56 Å². The smallest absolute Gasteiger partial charge is 0.252 e. The van der Waals surface area contributed by atoms with Gasteiger partial charge in [-0.15, -0.1) is 0 Å². The van der Waals surface area contributed by atoms with Gasteiger partial charge in [0.2, 0.25) is 0 Å². The highest BCUT2D eigenvalue weighted by atomic mass is 16.1. The molecule has 1 amide bonds. The fourth-order valence-corrected chi connectivity index (χ4v) is 3.62. The third kappa shape index (κ3) is 4.22. The Morgan fingerprint density at radius 2 is 2.00 bits per heavy atom. The Labute approximate surface area is 139 Å². The van der Waals surface area contributed by atoms with Crippen LogP contribution in [-0.2, 0) is 0 Å². The summed E-state index contributed by atoms with van der Waals surface area (Å²) in [6.07, 6.45) is 9.06. The van der Waals surface area contributed by atoms with Gasteiger partial charge in [0, 0.05) is 31.9 Å². The summed E-state index contributed by atoms with van der Waals surface area (Å²) in [6, 6.07) is 4.47. The van der Waals surface area contributed by atoms with Crippen LogP contribution in [0.1, 0.15) is 48.9 Å². The van der Waals surface area contributed by atoms with Crippen molar-refractivity contribution >= 4 is 11.7 Å². The number of rotatable bonds is 5. The minimum atomic E-state index is -0.0102. The van der Waals surface area contributed by atoms with E-state index in [0.717, 1.165) is 31.9 Å². The summed E-state index contributed by atoms with van der Waals surface area (Å²) in [5, 5.41) is 3.04. The minimum absolute atomic E-state index is 0.0102. The van der Waals surface area contributed by atoms with Gasteiger partial charge in [0.1, 0.15) is 5.82 Å². The van der Waals surface area contributed by atoms with Gasteiger partial charge in [-0.05, 0) is 57.8 Å². The largest absolute Gasteiger partial charge is 0.357 e. The number of carbonyl (C=O) groups excluding carboxylic acids is 1. The number of piperidine rings is 1. The van der Waals surface area contributed by atoms with Crippen molar-refractivity contribution in [2.24, 2.45) is 0 Å². The molecule has 0 bridgehead atoms. The van der Waals surface area contributed by atoms with E-state index in [0.29, 0.717) is 11.6 Å². The number of hydrogen-bond donors (Lipinski definition) is 1. The number of hydrogen-bond acceptors (Lipinski definition) is 4. The lowest BCUT2D eigenvalue weighted by Gasteiger charge is -2.32. The lowest BCUT2D eigenvalue weighted by Crippen LogP contribution is -2.39. The molecule has 1 aromatic rings. The van der Waals surface area contributed by atoms with Crippen LogP contribution in [-0.4, -0.2) is 55.1 Å². The Hall–Kier alpha value is -1.62. The fraction of sp³-hybridized carbons (Fsp3) is 0.667. The first-order chi connectivity index (χ1) is 11.2. The Morgan fingerprint density at radius 3 is 2.70 bits per heavy atom. The van der Waals surface area contributed by atoms with Gasteiger partial charge >= 0.3 is 0 Å². The predicted molar refractivity (Wildman–Crippen MR) is 92.9 cm³/mol. The number of likely N-dealkylation sites (tertiary alicyclic amines) is 1. The molecular weight excluding hydrogens is 288 g/mol. The van der Waals surface area contributed by atoms with Crippen molar-refractivity contribution in [3.63, 3.8) is 0 Å². The molecule has 23 heavy (non-hydrogen) atoms. The van der Waals surface area contributed by atoms with Crippen molar-refractivity contribution in [1.82, 2.24) is 15.2 Å². The average molecular weight is 316 g/mol. The number of nitrogens with one attached hydrogen (secondary N) is 1. The number of carbonyl (C=O) groups is 1. The van der Waals surface area contributed by atoms with Crippen molar-refractivity contribution in [2.45, 2.75) is 44.6 Å². The zero-order valence-corrected chi connectivity index (χ0v) is 14.1. The van der Waals surface area contributed by atoms with Crippen LogP contribution in [0.4, 0.5) is 5.82 Å². The molecule has 0 unspecified atom stereocenters. The summed E-state index contributed by atoms with van der Waals surface area (Å²) < 4.78 is 0. The molecule has 5 nitrogen and oxygen atoms in total. The van der Waals surface area contributed by atoms with E-state index in [1.807, 2.05) is 12.1 Å². The SMILES string of the molecule is CN1CCCC[C@@H]1CCNC(=O)c1ccc(N2CCCC2)nc1. The van der Waals surface area contributed by atoms with Crippen LogP contribution in [0.2, 0.25) is 0 Å². The monoisotopic (exact) mass is 316 g/mol. The summed E-state index contributed by atoms with van der Waals surface area (Å²) in [5.41, 5.74) is 0.657. The average Bonchev–Trinajstić information content (AvgIpc) is 3.11. The van der Waals surface area contributed by atoms with Crippen LogP contribution in [0.15, 0.2) is 18.3 Å². The second kappa shape index (κ2) is 7.77. The molecular formula is C18H28N4O. The first kappa shape index (κ1) is 16.2. The molecule has 1 atom stereocenters. The Morgan fingerprint density at radius 1 is 1.22 bits per heavy atom. The zero-order chi connectivity index (χ0) is 16.1. The Bertz CT molecular complexity index is 510. The number of amides is 1. The van der Waals surface area contributed by atoms with Gasteiger partial charge in [-0.3, -0.25) is 4.79 Å². The molecule has 2 aliphatic heterocycles. The highest BCUT2D eigenvalue weighted by molar-refractivity contribution is 5.94. The van der Waals surface area contributed by atoms with Crippen molar-refractivity contribution in [3.05, 3.63) is 23.9 Å². The van der Waals surface area contributed by atoms with Crippen LogP contribution in [0.5, 0.6) is 0 Å². The molecule has 1 aromatic heterocycles. The lowest BCUT2D eigenvalue weighted by atomic mass is 10.0. The Balaban J connectivity index is 1.46. The normalized spacial score (nSPS) is 22.3. The van der Waals surface area contributed by atoms with E-state index < -0.39 is 0 Å². The molecule has 0 spiro atoms. The van der Waals surface area contributed by atoms with E-state index in [9.17, 15) is 4.79 Å². The molecule has 3 rings (SSSR count). The van der Waals surface area contributed by atoms with E-state index in [1.165, 1.54) is 38.6 Å². The topological polar surface area (TPSA) is 48.5 Å². The van der Waals surface area contributed by atoms with Gasteiger partial charge in [0.15, 0.2) is 0 Å². The molecule has 3 heterocycles. The number of aromatic nitrogens is 1. The highest BCUT2D eigenvalue weighted by Crippen LogP contribution is 2.18. The molecule has 0 aromatic carbocycles. The summed E-state index contributed by atoms with van der Waals surface area (Å²) in [6.45, 7) is 4.07. The molecule has 126 valence electrons. The maximum Gasteiger partial charge on any atom is 0.252 e. The zero-order valence-electron chi connectivity index (χ0n) is 14.1. The molecule has 2 fully saturated rings. The summed E-state index contributed by atoms with van der Waals surface area (Å²) in [7, 11) is 2.19. The van der Waals surface area contributed by atoms with E-state index in [1.54, 1.807) is 6.20 Å².